The van der Waals surface area contributed by atoms with E-state index in [1.54, 1.807) is 13.8 Å². The van der Waals surface area contributed by atoms with Gasteiger partial charge in [-0.25, -0.2) is 22.3 Å². The summed E-state index contributed by atoms with van der Waals surface area (Å²) in [5.74, 6) is -1.81. The first-order valence-corrected chi connectivity index (χ1v) is 9.71. The minimum atomic E-state index is -3.77. The van der Waals surface area contributed by atoms with E-state index in [4.69, 9.17) is 4.74 Å². The molecule has 0 aliphatic heterocycles. The number of ether oxygens (including phenoxy) is 1. The zero-order chi connectivity index (χ0) is 20.2. The molecule has 6 nitrogen and oxygen atoms in total. The summed E-state index contributed by atoms with van der Waals surface area (Å²) in [6, 6.07) is 9.91. The van der Waals surface area contributed by atoms with Gasteiger partial charge in [-0.15, -0.1) is 0 Å². The Hall–Kier alpha value is -2.58. The molecular formula is C19H20FNO5S. The third kappa shape index (κ3) is 5.45. The SMILES string of the molecule is CC(C)NS(=O)(=O)c1cccc(C(=O)O[C@@H](C)C(=O)c2ccc(F)cc2)c1. The zero-order valence-corrected chi connectivity index (χ0v) is 15.9. The molecule has 27 heavy (non-hydrogen) atoms. The Morgan fingerprint density at radius 1 is 1.00 bits per heavy atom. The summed E-state index contributed by atoms with van der Waals surface area (Å²) in [7, 11) is -3.77. The Bertz CT molecular complexity index is 939. The number of ketones is 1. The Morgan fingerprint density at radius 2 is 1.63 bits per heavy atom. The molecule has 2 rings (SSSR count). The average Bonchev–Trinajstić information content (AvgIpc) is 2.60. The highest BCUT2D eigenvalue weighted by molar-refractivity contribution is 7.89. The fourth-order valence-corrected chi connectivity index (χ4v) is 3.60. The second-order valence-electron chi connectivity index (χ2n) is 6.22. The summed E-state index contributed by atoms with van der Waals surface area (Å²) in [4.78, 5) is 24.5. The maximum atomic E-state index is 12.9. The molecule has 0 radical (unpaired) electrons. The van der Waals surface area contributed by atoms with Crippen molar-refractivity contribution in [2.75, 3.05) is 0 Å². The normalized spacial score (nSPS) is 12.6. The van der Waals surface area contributed by atoms with Gasteiger partial charge in [-0.2, -0.15) is 0 Å². The van der Waals surface area contributed by atoms with Gasteiger partial charge in [0.2, 0.25) is 15.8 Å². The van der Waals surface area contributed by atoms with Gasteiger partial charge >= 0.3 is 5.97 Å². The quantitative estimate of drug-likeness (QED) is 0.577. The maximum Gasteiger partial charge on any atom is 0.338 e. The maximum absolute atomic E-state index is 12.9. The van der Waals surface area contributed by atoms with Crippen molar-refractivity contribution in [2.24, 2.45) is 0 Å². The van der Waals surface area contributed by atoms with E-state index in [2.05, 4.69) is 4.72 Å². The standard InChI is InChI=1S/C19H20FNO5S/c1-12(2)21-27(24,25)17-6-4-5-15(11-17)19(23)26-13(3)18(22)14-7-9-16(20)10-8-14/h4-13,21H,1-3H3/t13-/m0/s1. The van der Waals surface area contributed by atoms with Crippen molar-refractivity contribution in [3.63, 3.8) is 0 Å². The largest absolute Gasteiger partial charge is 0.451 e. The number of benzene rings is 2. The second kappa shape index (κ2) is 8.41. The van der Waals surface area contributed by atoms with E-state index >= 15 is 0 Å². The first-order valence-electron chi connectivity index (χ1n) is 8.23. The van der Waals surface area contributed by atoms with E-state index < -0.39 is 33.7 Å². The molecule has 8 heteroatoms. The Labute approximate surface area is 157 Å². The van der Waals surface area contributed by atoms with Gasteiger partial charge in [0, 0.05) is 11.6 Å². The third-order valence-electron chi connectivity index (χ3n) is 3.55. The van der Waals surface area contributed by atoms with Crippen LogP contribution >= 0.6 is 0 Å². The Morgan fingerprint density at radius 3 is 2.22 bits per heavy atom. The lowest BCUT2D eigenvalue weighted by Crippen LogP contribution is -2.30. The van der Waals surface area contributed by atoms with Crippen LogP contribution in [0.15, 0.2) is 53.4 Å². The van der Waals surface area contributed by atoms with Gasteiger partial charge in [0.1, 0.15) is 5.82 Å². The van der Waals surface area contributed by atoms with Crippen molar-refractivity contribution in [1.29, 1.82) is 0 Å². The van der Waals surface area contributed by atoms with Crippen molar-refractivity contribution >= 4 is 21.8 Å². The highest BCUT2D eigenvalue weighted by Gasteiger charge is 2.22. The summed E-state index contributed by atoms with van der Waals surface area (Å²) >= 11 is 0. The minimum Gasteiger partial charge on any atom is -0.451 e. The number of sulfonamides is 1. The van der Waals surface area contributed by atoms with Crippen LogP contribution in [0.5, 0.6) is 0 Å². The second-order valence-corrected chi connectivity index (χ2v) is 7.94. The molecule has 2 aromatic carbocycles. The summed E-state index contributed by atoms with van der Waals surface area (Å²) in [6.45, 7) is 4.75. The Balaban J connectivity index is 2.15. The number of carbonyl (C=O) groups excluding carboxylic acids is 2. The molecule has 0 heterocycles. The van der Waals surface area contributed by atoms with Crippen LogP contribution in [0.25, 0.3) is 0 Å². The topological polar surface area (TPSA) is 89.5 Å². The van der Waals surface area contributed by atoms with Gasteiger partial charge in [-0.3, -0.25) is 4.79 Å². The number of carbonyl (C=O) groups is 2. The number of rotatable bonds is 7. The molecule has 0 fully saturated rings. The van der Waals surface area contributed by atoms with Crippen molar-refractivity contribution < 1.29 is 27.1 Å². The van der Waals surface area contributed by atoms with Crippen LogP contribution < -0.4 is 4.72 Å². The van der Waals surface area contributed by atoms with Crippen molar-refractivity contribution in [3.8, 4) is 0 Å². The molecule has 0 saturated carbocycles. The molecule has 1 N–H and O–H groups in total. The number of hydrogen-bond donors (Lipinski definition) is 1. The smallest absolute Gasteiger partial charge is 0.338 e. The van der Waals surface area contributed by atoms with Gasteiger partial charge in [-0.1, -0.05) is 6.07 Å². The number of nitrogens with one attached hydrogen (secondary N) is 1. The van der Waals surface area contributed by atoms with Gasteiger partial charge in [0.25, 0.3) is 0 Å². The van der Waals surface area contributed by atoms with Crippen molar-refractivity contribution in [3.05, 3.63) is 65.5 Å². The van der Waals surface area contributed by atoms with E-state index in [1.165, 1.54) is 43.3 Å². The van der Waals surface area contributed by atoms with Crippen LogP contribution in [0, 0.1) is 5.82 Å². The molecule has 2 aromatic rings. The number of Topliss-reactive ketones (excluding diaryl/α,β-unsaturated/α-hetero) is 1. The molecule has 144 valence electrons. The predicted octanol–water partition coefficient (Wildman–Crippen LogP) is 2.94. The molecule has 0 amide bonds. The average molecular weight is 393 g/mol. The van der Waals surface area contributed by atoms with E-state index in [0.717, 1.165) is 12.1 Å². The van der Waals surface area contributed by atoms with Gasteiger partial charge in [0.05, 0.1) is 10.5 Å². The molecule has 0 aliphatic rings. The van der Waals surface area contributed by atoms with Crippen LogP contribution in [0.2, 0.25) is 0 Å². The fraction of sp³-hybridized carbons (Fsp3) is 0.263. The fourth-order valence-electron chi connectivity index (χ4n) is 2.30. The molecule has 0 bridgehead atoms. The lowest BCUT2D eigenvalue weighted by molar-refractivity contribution is 0.0318. The Kier molecular flexibility index (Phi) is 6.45. The van der Waals surface area contributed by atoms with Gasteiger partial charge in [-0.05, 0) is 63.2 Å². The molecule has 0 unspecified atom stereocenters. The first kappa shape index (κ1) is 20.7. The van der Waals surface area contributed by atoms with Gasteiger partial charge in [0.15, 0.2) is 6.10 Å². The highest BCUT2D eigenvalue weighted by atomic mass is 32.2. The lowest BCUT2D eigenvalue weighted by atomic mass is 10.1. The van der Waals surface area contributed by atoms with Crippen molar-refractivity contribution in [2.45, 2.75) is 37.8 Å². The first-order chi connectivity index (χ1) is 12.6. The highest BCUT2D eigenvalue weighted by Crippen LogP contribution is 2.15. The van der Waals surface area contributed by atoms with E-state index in [9.17, 15) is 22.4 Å². The predicted molar refractivity (Wildman–Crippen MR) is 97.5 cm³/mol. The zero-order valence-electron chi connectivity index (χ0n) is 15.1. The summed E-state index contributed by atoms with van der Waals surface area (Å²) in [5, 5.41) is 0. The molecule has 0 aromatic heterocycles. The molecule has 0 aliphatic carbocycles. The third-order valence-corrected chi connectivity index (χ3v) is 5.21. The van der Waals surface area contributed by atoms with Crippen LogP contribution in [-0.2, 0) is 14.8 Å². The summed E-state index contributed by atoms with van der Waals surface area (Å²) in [6.07, 6.45) is -1.11. The minimum absolute atomic E-state index is 0.000359. The number of hydrogen-bond acceptors (Lipinski definition) is 5. The van der Waals surface area contributed by atoms with E-state index in [0.29, 0.717) is 0 Å². The molecule has 1 atom stereocenters. The molecule has 0 saturated heterocycles. The molecular weight excluding hydrogens is 373 g/mol. The lowest BCUT2D eigenvalue weighted by Gasteiger charge is -2.13. The van der Waals surface area contributed by atoms with E-state index in [1.807, 2.05) is 0 Å². The van der Waals surface area contributed by atoms with Crippen LogP contribution in [0.1, 0.15) is 41.5 Å². The van der Waals surface area contributed by atoms with Gasteiger partial charge < -0.3 is 4.74 Å². The summed E-state index contributed by atoms with van der Waals surface area (Å²) < 4.78 is 44.9. The summed E-state index contributed by atoms with van der Waals surface area (Å²) in [5.41, 5.74) is 0.203. The molecule has 0 spiro atoms. The number of esters is 1. The van der Waals surface area contributed by atoms with Crippen LogP contribution in [0.3, 0.4) is 0 Å². The van der Waals surface area contributed by atoms with Crippen LogP contribution in [-0.4, -0.2) is 32.3 Å². The van der Waals surface area contributed by atoms with Crippen molar-refractivity contribution in [1.82, 2.24) is 4.72 Å². The number of halogens is 1. The van der Waals surface area contributed by atoms with E-state index in [-0.39, 0.29) is 22.1 Å². The van der Waals surface area contributed by atoms with Crippen LogP contribution in [0.4, 0.5) is 4.39 Å². The monoisotopic (exact) mass is 393 g/mol.